The number of carbonyl (C=O) groups is 1. The molecule has 1 saturated heterocycles. The maximum Gasteiger partial charge on any atom is 0.237 e. The largest absolute Gasteiger partial charge is 0.495 e. The monoisotopic (exact) mass is 397 g/mol. The van der Waals surface area contributed by atoms with Gasteiger partial charge in [-0.2, -0.15) is 0 Å². The van der Waals surface area contributed by atoms with Crippen molar-refractivity contribution >= 4 is 29.0 Å². The number of fused-ring (bicyclic) bond motifs is 1. The Hall–Kier alpha value is -2.18. The molecule has 1 atom stereocenters. The van der Waals surface area contributed by atoms with E-state index in [-0.39, 0.29) is 11.2 Å². The predicted molar refractivity (Wildman–Crippen MR) is 116 cm³/mol. The highest BCUT2D eigenvalue weighted by atomic mass is 32.2. The van der Waals surface area contributed by atoms with Crippen molar-refractivity contribution in [1.82, 2.24) is 4.90 Å². The number of rotatable bonds is 6. The summed E-state index contributed by atoms with van der Waals surface area (Å²) in [4.78, 5) is 18.4. The summed E-state index contributed by atoms with van der Waals surface area (Å²) < 4.78 is 5.50. The summed E-state index contributed by atoms with van der Waals surface area (Å²) in [6.07, 6.45) is 1.96. The number of nitrogens with one attached hydrogen (secondary N) is 1. The van der Waals surface area contributed by atoms with Crippen molar-refractivity contribution in [3.05, 3.63) is 48.5 Å². The normalized spacial score (nSPS) is 19.8. The third-order valence-corrected chi connectivity index (χ3v) is 6.79. The molecule has 1 fully saturated rings. The van der Waals surface area contributed by atoms with Crippen LogP contribution in [0.1, 0.15) is 12.8 Å². The molecule has 4 rings (SSSR count). The predicted octanol–water partition coefficient (Wildman–Crippen LogP) is 3.71. The van der Waals surface area contributed by atoms with E-state index >= 15 is 0 Å². The van der Waals surface area contributed by atoms with Gasteiger partial charge < -0.3 is 15.0 Å². The van der Waals surface area contributed by atoms with Gasteiger partial charge in [-0.3, -0.25) is 9.69 Å². The van der Waals surface area contributed by atoms with Crippen LogP contribution in [0.15, 0.2) is 53.4 Å². The molecule has 1 amide bonds. The number of methoxy groups -OCH3 is 1. The Labute approximate surface area is 171 Å². The first-order chi connectivity index (χ1) is 13.7. The molecular weight excluding hydrogens is 370 g/mol. The fourth-order valence-corrected chi connectivity index (χ4v) is 5.05. The van der Waals surface area contributed by atoms with E-state index in [2.05, 4.69) is 33.3 Å². The van der Waals surface area contributed by atoms with Gasteiger partial charge in [0, 0.05) is 31.1 Å². The van der Waals surface area contributed by atoms with Gasteiger partial charge in [0.25, 0.3) is 0 Å². The second-order valence-electron chi connectivity index (χ2n) is 7.23. The third kappa shape index (κ3) is 4.28. The molecule has 2 aromatic rings. The van der Waals surface area contributed by atoms with Gasteiger partial charge in [0.1, 0.15) is 5.75 Å². The molecule has 6 heteroatoms. The molecule has 2 aliphatic heterocycles. The quantitative estimate of drug-likeness (QED) is 0.805. The molecule has 1 N–H and O–H groups in total. The van der Waals surface area contributed by atoms with Gasteiger partial charge in [-0.05, 0) is 43.7 Å². The number of para-hydroxylation sites is 3. The SMILES string of the molecule is COc1ccccc1N1CCN(CCCC2Sc3ccccc3NC2=O)CC1. The van der Waals surface area contributed by atoms with Gasteiger partial charge in [-0.25, -0.2) is 0 Å². The van der Waals surface area contributed by atoms with E-state index in [1.54, 1.807) is 18.9 Å². The summed E-state index contributed by atoms with van der Waals surface area (Å²) in [5.41, 5.74) is 2.12. The number of benzene rings is 2. The Morgan fingerprint density at radius 1 is 1.07 bits per heavy atom. The Morgan fingerprint density at radius 3 is 2.64 bits per heavy atom. The molecule has 0 saturated carbocycles. The minimum atomic E-state index is 0.0183. The topological polar surface area (TPSA) is 44.8 Å². The zero-order chi connectivity index (χ0) is 19.3. The summed E-state index contributed by atoms with van der Waals surface area (Å²) in [5, 5.41) is 3.06. The first kappa shape index (κ1) is 19.2. The molecule has 2 aromatic carbocycles. The van der Waals surface area contributed by atoms with E-state index in [1.165, 1.54) is 10.6 Å². The number of hydrogen-bond donors (Lipinski definition) is 1. The molecule has 0 bridgehead atoms. The van der Waals surface area contributed by atoms with Crippen molar-refractivity contribution in [3.8, 4) is 5.75 Å². The van der Waals surface area contributed by atoms with Gasteiger partial charge in [-0.1, -0.05) is 24.3 Å². The standard InChI is InChI=1S/C22H27N3O2S/c1-27-19-9-4-3-8-18(19)25-15-13-24(14-16-25)12-6-11-21-22(26)23-17-7-2-5-10-20(17)28-21/h2-5,7-10,21H,6,11-16H2,1H3,(H,23,26). The summed E-state index contributed by atoms with van der Waals surface area (Å²) >= 11 is 1.70. The van der Waals surface area contributed by atoms with Gasteiger partial charge in [0.15, 0.2) is 0 Å². The number of piperazine rings is 1. The van der Waals surface area contributed by atoms with Gasteiger partial charge in [-0.15, -0.1) is 11.8 Å². The van der Waals surface area contributed by atoms with Crippen LogP contribution in [0, 0.1) is 0 Å². The van der Waals surface area contributed by atoms with Gasteiger partial charge >= 0.3 is 0 Å². The highest BCUT2D eigenvalue weighted by Crippen LogP contribution is 2.37. The lowest BCUT2D eigenvalue weighted by Crippen LogP contribution is -2.46. The number of hydrogen-bond acceptors (Lipinski definition) is 5. The molecule has 5 nitrogen and oxygen atoms in total. The third-order valence-electron chi connectivity index (χ3n) is 5.45. The maximum absolute atomic E-state index is 12.3. The molecule has 0 aliphatic carbocycles. The van der Waals surface area contributed by atoms with Crippen LogP contribution in [-0.2, 0) is 4.79 Å². The van der Waals surface area contributed by atoms with Crippen molar-refractivity contribution in [2.75, 3.05) is 50.1 Å². The Kier molecular flexibility index (Phi) is 6.07. The van der Waals surface area contributed by atoms with Crippen LogP contribution in [0.5, 0.6) is 5.75 Å². The van der Waals surface area contributed by atoms with Crippen LogP contribution in [0.3, 0.4) is 0 Å². The fourth-order valence-electron chi connectivity index (χ4n) is 3.89. The zero-order valence-corrected chi connectivity index (χ0v) is 17.1. The number of nitrogens with zero attached hydrogens (tertiary/aromatic N) is 2. The number of amides is 1. The maximum atomic E-state index is 12.3. The summed E-state index contributed by atoms with van der Waals surface area (Å²) in [7, 11) is 1.73. The first-order valence-electron chi connectivity index (χ1n) is 9.91. The van der Waals surface area contributed by atoms with Crippen molar-refractivity contribution in [3.63, 3.8) is 0 Å². The molecule has 0 aromatic heterocycles. The minimum Gasteiger partial charge on any atom is -0.495 e. The second-order valence-corrected chi connectivity index (χ2v) is 8.48. The molecule has 2 heterocycles. The number of thioether (sulfide) groups is 1. The number of anilines is 2. The highest BCUT2D eigenvalue weighted by molar-refractivity contribution is 8.01. The van der Waals surface area contributed by atoms with E-state index in [4.69, 9.17) is 4.74 Å². The number of carbonyl (C=O) groups excluding carboxylic acids is 1. The zero-order valence-electron chi connectivity index (χ0n) is 16.3. The van der Waals surface area contributed by atoms with E-state index in [1.807, 2.05) is 30.3 Å². The van der Waals surface area contributed by atoms with Crippen molar-refractivity contribution in [2.45, 2.75) is 23.0 Å². The highest BCUT2D eigenvalue weighted by Gasteiger charge is 2.26. The van der Waals surface area contributed by atoms with E-state index in [0.29, 0.717) is 0 Å². The molecular formula is C22H27N3O2S. The Bertz CT molecular complexity index is 821. The van der Waals surface area contributed by atoms with Crippen LogP contribution in [0.2, 0.25) is 0 Å². The first-order valence-corrected chi connectivity index (χ1v) is 10.8. The lowest BCUT2D eigenvalue weighted by Gasteiger charge is -2.36. The minimum absolute atomic E-state index is 0.0183. The summed E-state index contributed by atoms with van der Waals surface area (Å²) in [6.45, 7) is 5.15. The molecule has 0 spiro atoms. The average Bonchev–Trinajstić information content (AvgIpc) is 2.74. The van der Waals surface area contributed by atoms with E-state index in [9.17, 15) is 4.79 Å². The number of ether oxygens (including phenoxy) is 1. The lowest BCUT2D eigenvalue weighted by atomic mass is 10.1. The van der Waals surface area contributed by atoms with Crippen LogP contribution >= 0.6 is 11.8 Å². The van der Waals surface area contributed by atoms with Crippen molar-refractivity contribution in [2.24, 2.45) is 0 Å². The molecule has 2 aliphatic rings. The Morgan fingerprint density at radius 2 is 1.82 bits per heavy atom. The van der Waals surface area contributed by atoms with Gasteiger partial charge in [0.2, 0.25) is 5.91 Å². The van der Waals surface area contributed by atoms with Crippen LogP contribution in [-0.4, -0.2) is 55.9 Å². The molecule has 1 unspecified atom stereocenters. The lowest BCUT2D eigenvalue weighted by molar-refractivity contribution is -0.115. The average molecular weight is 398 g/mol. The smallest absolute Gasteiger partial charge is 0.237 e. The van der Waals surface area contributed by atoms with Crippen LogP contribution < -0.4 is 15.0 Å². The summed E-state index contributed by atoms with van der Waals surface area (Å²) in [5.74, 6) is 1.08. The van der Waals surface area contributed by atoms with Crippen LogP contribution in [0.25, 0.3) is 0 Å². The van der Waals surface area contributed by atoms with Crippen LogP contribution in [0.4, 0.5) is 11.4 Å². The van der Waals surface area contributed by atoms with Crippen molar-refractivity contribution in [1.29, 1.82) is 0 Å². The molecule has 28 heavy (non-hydrogen) atoms. The molecule has 148 valence electrons. The fraction of sp³-hybridized carbons (Fsp3) is 0.409. The molecule has 0 radical (unpaired) electrons. The van der Waals surface area contributed by atoms with E-state index in [0.717, 1.165) is 57.0 Å². The van der Waals surface area contributed by atoms with Gasteiger partial charge in [0.05, 0.1) is 23.7 Å². The van der Waals surface area contributed by atoms with Crippen molar-refractivity contribution < 1.29 is 9.53 Å². The second kappa shape index (κ2) is 8.88. The Balaban J connectivity index is 1.23. The summed E-state index contributed by atoms with van der Waals surface area (Å²) in [6, 6.07) is 16.3. The van der Waals surface area contributed by atoms with E-state index < -0.39 is 0 Å².